The molecule has 0 aliphatic rings. The standard InChI is InChI=1S/C14H11ClFN3O4/c15-10-2-1-3-11(16)13(10)14(20)23-7-6-17-12-5-4-9(8-18-12)19(21)22/h1-5,8H,6-7H2,(H,17,18). The first-order valence-electron chi connectivity index (χ1n) is 6.44. The van der Waals surface area contributed by atoms with Crippen molar-refractivity contribution in [2.75, 3.05) is 18.5 Å². The van der Waals surface area contributed by atoms with Gasteiger partial charge in [0, 0.05) is 6.07 Å². The Kier molecular flexibility index (Phi) is 5.42. The lowest BCUT2D eigenvalue weighted by Gasteiger charge is -2.08. The number of nitrogens with one attached hydrogen (secondary N) is 1. The van der Waals surface area contributed by atoms with Crippen molar-refractivity contribution < 1.29 is 18.8 Å². The van der Waals surface area contributed by atoms with Gasteiger partial charge in [-0.1, -0.05) is 17.7 Å². The smallest absolute Gasteiger partial charge is 0.342 e. The Labute approximate surface area is 135 Å². The first kappa shape index (κ1) is 16.6. The molecular weight excluding hydrogens is 329 g/mol. The van der Waals surface area contributed by atoms with Crippen LogP contribution in [0.2, 0.25) is 5.02 Å². The first-order valence-corrected chi connectivity index (χ1v) is 6.82. The van der Waals surface area contributed by atoms with Gasteiger partial charge in [-0.2, -0.15) is 0 Å². The van der Waals surface area contributed by atoms with Gasteiger partial charge < -0.3 is 10.1 Å². The normalized spacial score (nSPS) is 10.2. The molecule has 2 rings (SSSR count). The van der Waals surface area contributed by atoms with Crippen LogP contribution in [0, 0.1) is 15.9 Å². The van der Waals surface area contributed by atoms with Crippen LogP contribution in [0.25, 0.3) is 0 Å². The fourth-order valence-corrected chi connectivity index (χ4v) is 1.93. The van der Waals surface area contributed by atoms with Crippen LogP contribution in [-0.4, -0.2) is 29.0 Å². The Morgan fingerprint density at radius 3 is 2.78 bits per heavy atom. The third-order valence-corrected chi connectivity index (χ3v) is 3.08. The molecule has 1 aromatic carbocycles. The zero-order valence-electron chi connectivity index (χ0n) is 11.7. The number of benzene rings is 1. The summed E-state index contributed by atoms with van der Waals surface area (Å²) in [5.74, 6) is -1.24. The molecule has 0 radical (unpaired) electrons. The Morgan fingerprint density at radius 2 is 2.17 bits per heavy atom. The molecule has 1 aromatic heterocycles. The number of halogens is 2. The maximum atomic E-state index is 13.5. The predicted molar refractivity (Wildman–Crippen MR) is 81.1 cm³/mol. The van der Waals surface area contributed by atoms with E-state index in [1.165, 1.54) is 24.3 Å². The van der Waals surface area contributed by atoms with E-state index in [1.807, 2.05) is 0 Å². The maximum absolute atomic E-state index is 13.5. The number of esters is 1. The summed E-state index contributed by atoms with van der Waals surface area (Å²) in [4.78, 5) is 25.5. The summed E-state index contributed by atoms with van der Waals surface area (Å²) in [6, 6.07) is 6.60. The van der Waals surface area contributed by atoms with Crippen LogP contribution < -0.4 is 5.32 Å². The molecule has 0 fully saturated rings. The molecule has 23 heavy (non-hydrogen) atoms. The van der Waals surface area contributed by atoms with Crippen molar-refractivity contribution in [3.8, 4) is 0 Å². The van der Waals surface area contributed by atoms with Crippen LogP contribution in [0.3, 0.4) is 0 Å². The Bertz CT molecular complexity index is 704. The van der Waals surface area contributed by atoms with Crippen LogP contribution in [0.4, 0.5) is 15.9 Å². The Hall–Kier alpha value is -2.74. The van der Waals surface area contributed by atoms with Crippen molar-refractivity contribution in [1.82, 2.24) is 4.98 Å². The molecule has 9 heteroatoms. The fraction of sp³-hybridized carbons (Fsp3) is 0.143. The SMILES string of the molecule is O=C(OCCNc1ccc([N+](=O)[O-])cn1)c1c(F)cccc1Cl. The molecule has 0 aliphatic heterocycles. The third-order valence-electron chi connectivity index (χ3n) is 2.77. The number of aromatic nitrogens is 1. The number of hydrogen-bond donors (Lipinski definition) is 1. The lowest BCUT2D eigenvalue weighted by Crippen LogP contribution is -2.15. The van der Waals surface area contributed by atoms with E-state index < -0.39 is 16.7 Å². The molecule has 0 amide bonds. The van der Waals surface area contributed by atoms with Crippen LogP contribution in [-0.2, 0) is 4.74 Å². The number of pyridine rings is 1. The van der Waals surface area contributed by atoms with E-state index in [0.29, 0.717) is 5.82 Å². The summed E-state index contributed by atoms with van der Waals surface area (Å²) in [5, 5.41) is 13.3. The van der Waals surface area contributed by atoms with E-state index in [2.05, 4.69) is 10.3 Å². The second-order valence-corrected chi connectivity index (χ2v) is 4.73. The number of nitro groups is 1. The summed E-state index contributed by atoms with van der Waals surface area (Å²) >= 11 is 5.75. The molecule has 0 aliphatic carbocycles. The molecule has 1 N–H and O–H groups in total. The van der Waals surface area contributed by atoms with Crippen molar-refractivity contribution >= 4 is 29.1 Å². The molecule has 0 spiro atoms. The summed E-state index contributed by atoms with van der Waals surface area (Å²) in [6.07, 6.45) is 1.10. The largest absolute Gasteiger partial charge is 0.460 e. The topological polar surface area (TPSA) is 94.4 Å². The fourth-order valence-electron chi connectivity index (χ4n) is 1.69. The van der Waals surface area contributed by atoms with Crippen molar-refractivity contribution in [3.63, 3.8) is 0 Å². The van der Waals surface area contributed by atoms with Gasteiger partial charge in [0.1, 0.15) is 30.0 Å². The van der Waals surface area contributed by atoms with Crippen molar-refractivity contribution in [2.24, 2.45) is 0 Å². The zero-order valence-corrected chi connectivity index (χ0v) is 12.4. The molecule has 0 atom stereocenters. The average molecular weight is 340 g/mol. The van der Waals surface area contributed by atoms with Gasteiger partial charge in [-0.25, -0.2) is 14.2 Å². The zero-order chi connectivity index (χ0) is 16.8. The summed E-state index contributed by atoms with van der Waals surface area (Å²) < 4.78 is 18.4. The minimum atomic E-state index is -0.869. The average Bonchev–Trinajstić information content (AvgIpc) is 2.52. The summed E-state index contributed by atoms with van der Waals surface area (Å²) in [6.45, 7) is 0.144. The van der Waals surface area contributed by atoms with Crippen LogP contribution in [0.5, 0.6) is 0 Å². The van der Waals surface area contributed by atoms with Crippen molar-refractivity contribution in [3.05, 3.63) is 63.0 Å². The van der Waals surface area contributed by atoms with E-state index in [0.717, 1.165) is 12.3 Å². The first-order chi connectivity index (χ1) is 11.0. The second-order valence-electron chi connectivity index (χ2n) is 4.32. The minimum absolute atomic E-state index is 0.0278. The molecule has 2 aromatic rings. The monoisotopic (exact) mass is 339 g/mol. The van der Waals surface area contributed by atoms with Gasteiger partial charge in [0.15, 0.2) is 0 Å². The highest BCUT2D eigenvalue weighted by atomic mass is 35.5. The molecule has 120 valence electrons. The number of nitrogens with zero attached hydrogens (tertiary/aromatic N) is 2. The van der Waals surface area contributed by atoms with Gasteiger partial charge in [-0.15, -0.1) is 0 Å². The molecule has 1 heterocycles. The maximum Gasteiger partial charge on any atom is 0.342 e. The second kappa shape index (κ2) is 7.50. The number of hydrogen-bond acceptors (Lipinski definition) is 6. The molecule has 0 unspecified atom stereocenters. The van der Waals surface area contributed by atoms with Gasteiger partial charge in [-0.05, 0) is 18.2 Å². The summed E-state index contributed by atoms with van der Waals surface area (Å²) in [5.41, 5.74) is -0.446. The van der Waals surface area contributed by atoms with Crippen molar-refractivity contribution in [2.45, 2.75) is 0 Å². The van der Waals surface area contributed by atoms with Crippen LogP contribution in [0.1, 0.15) is 10.4 Å². The van der Waals surface area contributed by atoms with Crippen molar-refractivity contribution in [1.29, 1.82) is 0 Å². The lowest BCUT2D eigenvalue weighted by atomic mass is 10.2. The van der Waals surface area contributed by atoms with Crippen LogP contribution in [0.15, 0.2) is 36.5 Å². The van der Waals surface area contributed by atoms with E-state index in [9.17, 15) is 19.3 Å². The highest BCUT2D eigenvalue weighted by Crippen LogP contribution is 2.19. The van der Waals surface area contributed by atoms with Crippen LogP contribution >= 0.6 is 11.6 Å². The molecule has 7 nitrogen and oxygen atoms in total. The quantitative estimate of drug-likeness (QED) is 0.376. The molecular formula is C14H11ClFN3O4. The lowest BCUT2D eigenvalue weighted by molar-refractivity contribution is -0.385. The van der Waals surface area contributed by atoms with Gasteiger partial charge in [-0.3, -0.25) is 10.1 Å². The highest BCUT2D eigenvalue weighted by molar-refractivity contribution is 6.33. The number of carbonyl (C=O) groups excluding carboxylic acids is 1. The van der Waals surface area contributed by atoms with E-state index >= 15 is 0 Å². The number of anilines is 1. The Balaban J connectivity index is 1.83. The van der Waals surface area contributed by atoms with Gasteiger partial charge in [0.05, 0.1) is 16.5 Å². The van der Waals surface area contributed by atoms with E-state index in [-0.39, 0.29) is 29.4 Å². The third kappa shape index (κ3) is 4.36. The summed E-state index contributed by atoms with van der Waals surface area (Å²) in [7, 11) is 0. The molecule has 0 saturated carbocycles. The Morgan fingerprint density at radius 1 is 1.39 bits per heavy atom. The van der Waals surface area contributed by atoms with Gasteiger partial charge in [0.2, 0.25) is 0 Å². The van der Waals surface area contributed by atoms with E-state index in [1.54, 1.807) is 0 Å². The molecule has 0 saturated heterocycles. The van der Waals surface area contributed by atoms with Gasteiger partial charge in [0.25, 0.3) is 5.69 Å². The highest BCUT2D eigenvalue weighted by Gasteiger charge is 2.16. The van der Waals surface area contributed by atoms with Gasteiger partial charge >= 0.3 is 5.97 Å². The number of ether oxygens (including phenoxy) is 1. The van der Waals surface area contributed by atoms with E-state index in [4.69, 9.17) is 16.3 Å². The minimum Gasteiger partial charge on any atom is -0.460 e. The number of rotatable bonds is 6. The molecule has 0 bridgehead atoms. The predicted octanol–water partition coefficient (Wildman–Crippen LogP) is 3.05. The number of carbonyl (C=O) groups is 1.